The fraction of sp³-hybridized carbons (Fsp3) is 0.278. The highest BCUT2D eigenvalue weighted by molar-refractivity contribution is 5.94. The number of esters is 2. The van der Waals surface area contributed by atoms with Crippen molar-refractivity contribution in [2.45, 2.75) is 50.9 Å². The van der Waals surface area contributed by atoms with E-state index in [9.17, 15) is 9.59 Å². The summed E-state index contributed by atoms with van der Waals surface area (Å²) in [6.07, 6.45) is 9.46. The predicted molar refractivity (Wildman–Crippen MR) is 158 cm³/mol. The first kappa shape index (κ1) is 27.0. The van der Waals surface area contributed by atoms with E-state index in [2.05, 4.69) is 26.0 Å². The smallest absolute Gasteiger partial charge is 0.338 e. The van der Waals surface area contributed by atoms with Crippen molar-refractivity contribution < 1.29 is 23.8 Å². The summed E-state index contributed by atoms with van der Waals surface area (Å²) in [7, 11) is 1.64. The van der Waals surface area contributed by atoms with Crippen LogP contribution < -0.4 is 0 Å². The summed E-state index contributed by atoms with van der Waals surface area (Å²) in [6.45, 7) is 4.26. The van der Waals surface area contributed by atoms with Gasteiger partial charge in [0.1, 0.15) is 5.60 Å². The normalized spacial score (nSPS) is 25.4. The maximum atomic E-state index is 13.8. The molecule has 0 fully saturated rings. The molecule has 2 bridgehead atoms. The molecule has 0 spiro atoms. The molecule has 5 heteroatoms. The summed E-state index contributed by atoms with van der Waals surface area (Å²) in [6, 6.07) is 24.4. The summed E-state index contributed by atoms with van der Waals surface area (Å²) >= 11 is 0. The summed E-state index contributed by atoms with van der Waals surface area (Å²) < 4.78 is 19.2. The van der Waals surface area contributed by atoms with E-state index in [1.807, 2.05) is 66.7 Å². The number of aryl methyl sites for hydroxylation is 1. The van der Waals surface area contributed by atoms with Crippen LogP contribution in [0.25, 0.3) is 5.57 Å². The predicted octanol–water partition coefficient (Wildman–Crippen LogP) is 7.24. The van der Waals surface area contributed by atoms with Crippen molar-refractivity contribution in [1.29, 1.82) is 0 Å². The Balaban J connectivity index is 1.48. The molecule has 0 heterocycles. The van der Waals surface area contributed by atoms with E-state index in [4.69, 9.17) is 14.2 Å². The first-order chi connectivity index (χ1) is 19.9. The van der Waals surface area contributed by atoms with E-state index in [1.54, 1.807) is 31.4 Å². The molecular weight excluding hydrogens is 512 g/mol. The standard InChI is InChI=1S/C36H34O5/c1-4-5-13-24-19-21-26(22-20-24)34(38)41-32-31(40-33(37)25-14-7-6-8-15-25)30-27-16-9-10-17-28(27)36(32,39-3)35(2)23-12-11-18-29(30)35/h6-12,14-23,31-32H,4-5,13H2,1-3H3/t31-,32-,35?,36?/m0/s1. The minimum absolute atomic E-state index is 0.425. The maximum Gasteiger partial charge on any atom is 0.338 e. The molecule has 0 saturated heterocycles. The van der Waals surface area contributed by atoms with Crippen LogP contribution in [0.1, 0.15) is 64.1 Å². The Bertz CT molecular complexity index is 1560. The number of carbonyl (C=O) groups is 2. The SMILES string of the molecule is CCCCc1ccc(C(=O)O[C@H]2[C@@H](OC(=O)c3ccccc3)C3=C4C=CC=CC4(C)C2(OC)c2ccccc23)cc1. The Hall–Kier alpha value is -4.22. The van der Waals surface area contributed by atoms with Gasteiger partial charge in [0.25, 0.3) is 0 Å². The van der Waals surface area contributed by atoms with Crippen molar-refractivity contribution in [3.63, 3.8) is 0 Å². The van der Waals surface area contributed by atoms with Crippen LogP contribution in [0.5, 0.6) is 0 Å². The van der Waals surface area contributed by atoms with Crippen LogP contribution in [0.4, 0.5) is 0 Å². The lowest BCUT2D eigenvalue weighted by Crippen LogP contribution is -2.66. The summed E-state index contributed by atoms with van der Waals surface area (Å²) in [5.41, 5.74) is 3.87. The molecule has 5 nitrogen and oxygen atoms in total. The molecule has 208 valence electrons. The van der Waals surface area contributed by atoms with Gasteiger partial charge in [0, 0.05) is 18.1 Å². The molecule has 41 heavy (non-hydrogen) atoms. The topological polar surface area (TPSA) is 61.8 Å². The van der Waals surface area contributed by atoms with Gasteiger partial charge in [0.15, 0.2) is 12.2 Å². The molecular formula is C36H34O5. The zero-order chi connectivity index (χ0) is 28.6. The van der Waals surface area contributed by atoms with Crippen molar-refractivity contribution in [2.24, 2.45) is 5.41 Å². The van der Waals surface area contributed by atoms with Gasteiger partial charge in [0.05, 0.1) is 11.1 Å². The van der Waals surface area contributed by atoms with Gasteiger partial charge in [-0.15, -0.1) is 0 Å². The van der Waals surface area contributed by atoms with Crippen molar-refractivity contribution in [3.8, 4) is 0 Å². The lowest BCUT2D eigenvalue weighted by atomic mass is 9.50. The van der Waals surface area contributed by atoms with Gasteiger partial charge in [0.2, 0.25) is 0 Å². The highest BCUT2D eigenvalue weighted by Crippen LogP contribution is 2.65. The van der Waals surface area contributed by atoms with Gasteiger partial charge < -0.3 is 14.2 Å². The van der Waals surface area contributed by atoms with Crippen molar-refractivity contribution in [2.75, 3.05) is 7.11 Å². The third-order valence-electron chi connectivity index (χ3n) is 8.81. The summed E-state index contributed by atoms with van der Waals surface area (Å²) in [4.78, 5) is 27.3. The van der Waals surface area contributed by atoms with Gasteiger partial charge in [-0.3, -0.25) is 0 Å². The number of allylic oxidation sites excluding steroid dienone is 3. The monoisotopic (exact) mass is 546 g/mol. The Morgan fingerprint density at radius 2 is 1.51 bits per heavy atom. The zero-order valence-electron chi connectivity index (χ0n) is 23.6. The highest BCUT2D eigenvalue weighted by atomic mass is 16.6. The van der Waals surface area contributed by atoms with Crippen LogP contribution in [0, 0.1) is 5.41 Å². The molecule has 0 N–H and O–H groups in total. The average molecular weight is 547 g/mol. The molecule has 0 amide bonds. The zero-order valence-corrected chi connectivity index (χ0v) is 23.6. The van der Waals surface area contributed by atoms with Crippen molar-refractivity contribution in [3.05, 3.63) is 137 Å². The Kier molecular flexibility index (Phi) is 7.00. The second-order valence-corrected chi connectivity index (χ2v) is 11.1. The Morgan fingerprint density at radius 3 is 2.24 bits per heavy atom. The van der Waals surface area contributed by atoms with Gasteiger partial charge in [-0.2, -0.15) is 0 Å². The second-order valence-electron chi connectivity index (χ2n) is 11.1. The van der Waals surface area contributed by atoms with E-state index >= 15 is 0 Å². The number of hydrogen-bond donors (Lipinski definition) is 0. The highest BCUT2D eigenvalue weighted by Gasteiger charge is 2.68. The molecule has 4 aliphatic carbocycles. The van der Waals surface area contributed by atoms with Gasteiger partial charge in [-0.25, -0.2) is 9.59 Å². The van der Waals surface area contributed by atoms with Gasteiger partial charge in [-0.1, -0.05) is 92.2 Å². The van der Waals surface area contributed by atoms with Crippen LogP contribution in [0.15, 0.2) is 109 Å². The molecule has 3 aromatic rings. The van der Waals surface area contributed by atoms with Crippen LogP contribution in [0.3, 0.4) is 0 Å². The lowest BCUT2D eigenvalue weighted by Gasteiger charge is -2.60. The Morgan fingerprint density at radius 1 is 0.829 bits per heavy atom. The largest absolute Gasteiger partial charge is 0.451 e. The van der Waals surface area contributed by atoms with E-state index in [-0.39, 0.29) is 0 Å². The fourth-order valence-corrected chi connectivity index (χ4v) is 6.78. The molecule has 0 aliphatic heterocycles. The van der Waals surface area contributed by atoms with E-state index < -0.39 is 35.2 Å². The minimum Gasteiger partial charge on any atom is -0.451 e. The fourth-order valence-electron chi connectivity index (χ4n) is 6.78. The second kappa shape index (κ2) is 10.6. The molecule has 3 aromatic carbocycles. The quantitative estimate of drug-likeness (QED) is 0.279. The summed E-state index contributed by atoms with van der Waals surface area (Å²) in [5, 5.41) is 0. The third-order valence-corrected chi connectivity index (χ3v) is 8.81. The number of unbranched alkanes of at least 4 members (excludes halogenated alkanes) is 1. The van der Waals surface area contributed by atoms with Crippen LogP contribution in [-0.2, 0) is 26.2 Å². The first-order valence-corrected chi connectivity index (χ1v) is 14.3. The van der Waals surface area contributed by atoms with Crippen molar-refractivity contribution >= 4 is 17.5 Å². The third kappa shape index (κ3) is 4.18. The van der Waals surface area contributed by atoms with E-state index in [0.29, 0.717) is 11.1 Å². The minimum atomic E-state index is -1.15. The number of benzene rings is 3. The molecule has 7 rings (SSSR count). The van der Waals surface area contributed by atoms with Gasteiger partial charge >= 0.3 is 11.9 Å². The van der Waals surface area contributed by atoms with E-state index in [0.717, 1.165) is 41.5 Å². The maximum absolute atomic E-state index is 13.8. The number of fused-ring (bicyclic) bond motifs is 1. The molecule has 0 radical (unpaired) electrons. The number of hydrogen-bond acceptors (Lipinski definition) is 5. The summed E-state index contributed by atoms with van der Waals surface area (Å²) in [5.74, 6) is -0.973. The molecule has 0 aromatic heterocycles. The van der Waals surface area contributed by atoms with Crippen LogP contribution in [0.2, 0.25) is 0 Å². The Labute approximate surface area is 241 Å². The van der Waals surface area contributed by atoms with Gasteiger partial charge in [-0.05, 0) is 66.3 Å². The number of carbonyl (C=O) groups excluding carboxylic acids is 2. The number of methoxy groups -OCH3 is 1. The molecule has 4 atom stereocenters. The average Bonchev–Trinajstić information content (AvgIpc) is 3.01. The first-order valence-electron chi connectivity index (χ1n) is 14.3. The molecule has 4 aliphatic rings. The lowest BCUT2D eigenvalue weighted by molar-refractivity contribution is -0.191. The number of rotatable bonds is 8. The molecule has 2 unspecified atom stereocenters. The van der Waals surface area contributed by atoms with Crippen LogP contribution in [-0.4, -0.2) is 31.3 Å². The number of ether oxygens (including phenoxy) is 3. The van der Waals surface area contributed by atoms with Crippen molar-refractivity contribution in [1.82, 2.24) is 0 Å². The van der Waals surface area contributed by atoms with Crippen LogP contribution >= 0.6 is 0 Å². The molecule has 0 saturated carbocycles. The van der Waals surface area contributed by atoms with E-state index in [1.165, 1.54) is 5.56 Å².